The SMILES string of the molecule is NC(=O)C(=CC(F)(F)F)C1CCCCC1. The van der Waals surface area contributed by atoms with E-state index in [1.807, 2.05) is 0 Å². The average Bonchev–Trinajstić information content (AvgIpc) is 2.14. The molecule has 0 radical (unpaired) electrons. The fourth-order valence-corrected chi connectivity index (χ4v) is 1.98. The van der Waals surface area contributed by atoms with Crippen molar-refractivity contribution in [2.45, 2.75) is 38.3 Å². The van der Waals surface area contributed by atoms with Crippen molar-refractivity contribution in [3.63, 3.8) is 0 Å². The highest BCUT2D eigenvalue weighted by atomic mass is 19.4. The van der Waals surface area contributed by atoms with E-state index >= 15 is 0 Å². The molecule has 0 unspecified atom stereocenters. The highest BCUT2D eigenvalue weighted by Gasteiger charge is 2.30. The third-order valence-corrected chi connectivity index (χ3v) is 2.65. The Hall–Kier alpha value is -1.00. The van der Waals surface area contributed by atoms with Crippen LogP contribution in [0.15, 0.2) is 11.6 Å². The molecule has 0 aromatic rings. The minimum absolute atomic E-state index is 0.0608. The second-order valence-corrected chi connectivity index (χ2v) is 3.84. The van der Waals surface area contributed by atoms with Gasteiger partial charge in [0.1, 0.15) is 0 Å². The van der Waals surface area contributed by atoms with E-state index in [1.54, 1.807) is 0 Å². The molecule has 2 nitrogen and oxygen atoms in total. The Labute approximate surface area is 86.3 Å². The van der Waals surface area contributed by atoms with Crippen LogP contribution in [-0.4, -0.2) is 12.1 Å². The van der Waals surface area contributed by atoms with Crippen LogP contribution in [-0.2, 0) is 4.79 Å². The molecule has 1 saturated carbocycles. The molecule has 0 bridgehead atoms. The molecule has 1 amide bonds. The van der Waals surface area contributed by atoms with E-state index in [9.17, 15) is 18.0 Å². The summed E-state index contributed by atoms with van der Waals surface area (Å²) in [6, 6.07) is 0. The fourth-order valence-electron chi connectivity index (χ4n) is 1.98. The van der Waals surface area contributed by atoms with Crippen LogP contribution < -0.4 is 5.73 Å². The maximum atomic E-state index is 12.1. The first-order valence-corrected chi connectivity index (χ1v) is 4.99. The molecule has 1 aliphatic carbocycles. The van der Waals surface area contributed by atoms with Crippen LogP contribution in [0.25, 0.3) is 0 Å². The lowest BCUT2D eigenvalue weighted by Gasteiger charge is -2.23. The Bertz CT molecular complexity index is 264. The highest BCUT2D eigenvalue weighted by Crippen LogP contribution is 2.32. The summed E-state index contributed by atoms with van der Waals surface area (Å²) >= 11 is 0. The van der Waals surface area contributed by atoms with Gasteiger partial charge in [0.25, 0.3) is 0 Å². The van der Waals surface area contributed by atoms with E-state index in [1.165, 1.54) is 0 Å². The van der Waals surface area contributed by atoms with Crippen LogP contribution in [0.5, 0.6) is 0 Å². The number of nitrogens with two attached hydrogens (primary N) is 1. The molecule has 5 heteroatoms. The van der Waals surface area contributed by atoms with Crippen LogP contribution in [0.3, 0.4) is 0 Å². The first-order valence-electron chi connectivity index (χ1n) is 4.99. The van der Waals surface area contributed by atoms with Crippen molar-refractivity contribution in [3.8, 4) is 0 Å². The van der Waals surface area contributed by atoms with Crippen LogP contribution in [0.1, 0.15) is 32.1 Å². The number of amides is 1. The highest BCUT2D eigenvalue weighted by molar-refractivity contribution is 5.92. The van der Waals surface area contributed by atoms with Gasteiger partial charge in [-0.05, 0) is 18.8 Å². The van der Waals surface area contributed by atoms with Gasteiger partial charge in [-0.1, -0.05) is 19.3 Å². The first-order chi connectivity index (χ1) is 6.90. The summed E-state index contributed by atoms with van der Waals surface area (Å²) in [6.07, 6.45) is -0.377. The van der Waals surface area contributed by atoms with E-state index in [0.29, 0.717) is 12.8 Å². The third-order valence-electron chi connectivity index (χ3n) is 2.65. The van der Waals surface area contributed by atoms with E-state index in [4.69, 9.17) is 5.73 Å². The van der Waals surface area contributed by atoms with E-state index in [2.05, 4.69) is 0 Å². The predicted octanol–water partition coefficient (Wildman–Crippen LogP) is 2.54. The number of allylic oxidation sites excluding steroid dienone is 1. The number of hydrogen-bond acceptors (Lipinski definition) is 1. The van der Waals surface area contributed by atoms with Crippen molar-refractivity contribution in [1.82, 2.24) is 0 Å². The standard InChI is InChI=1S/C10H14F3NO/c11-10(12,13)6-8(9(14)15)7-4-2-1-3-5-7/h6-7H,1-5H2,(H2,14,15). The number of alkyl halides is 3. The molecule has 2 N–H and O–H groups in total. The Morgan fingerprint density at radius 1 is 1.20 bits per heavy atom. The summed E-state index contributed by atoms with van der Waals surface area (Å²) in [4.78, 5) is 10.9. The summed E-state index contributed by atoms with van der Waals surface area (Å²) < 4.78 is 36.4. The topological polar surface area (TPSA) is 43.1 Å². The maximum absolute atomic E-state index is 12.1. The summed E-state index contributed by atoms with van der Waals surface area (Å²) in [5.41, 5.74) is 4.71. The summed E-state index contributed by atoms with van der Waals surface area (Å²) in [6.45, 7) is 0. The minimum Gasteiger partial charge on any atom is -0.366 e. The van der Waals surface area contributed by atoms with E-state index in [0.717, 1.165) is 19.3 Å². The number of carbonyl (C=O) groups excluding carboxylic acids is 1. The van der Waals surface area contributed by atoms with Gasteiger partial charge in [0.05, 0.1) is 0 Å². The van der Waals surface area contributed by atoms with Crippen molar-refractivity contribution in [1.29, 1.82) is 0 Å². The number of halogens is 3. The molecule has 0 aromatic carbocycles. The zero-order valence-electron chi connectivity index (χ0n) is 8.31. The van der Waals surface area contributed by atoms with E-state index < -0.39 is 12.1 Å². The lowest BCUT2D eigenvalue weighted by atomic mass is 9.83. The van der Waals surface area contributed by atoms with Gasteiger partial charge in [0.15, 0.2) is 0 Å². The third kappa shape index (κ3) is 3.93. The number of rotatable bonds is 2. The Morgan fingerprint density at radius 2 is 1.73 bits per heavy atom. The molecule has 0 heterocycles. The van der Waals surface area contributed by atoms with Crippen molar-refractivity contribution in [2.75, 3.05) is 0 Å². The molecule has 1 fully saturated rings. The second kappa shape index (κ2) is 4.68. The van der Waals surface area contributed by atoms with Gasteiger partial charge in [0.2, 0.25) is 5.91 Å². The molecule has 0 saturated heterocycles. The number of primary amides is 1. The summed E-state index contributed by atoms with van der Waals surface area (Å²) in [5.74, 6) is -1.25. The van der Waals surface area contributed by atoms with Gasteiger partial charge < -0.3 is 5.73 Å². The fraction of sp³-hybridized carbons (Fsp3) is 0.700. The van der Waals surface area contributed by atoms with Crippen molar-refractivity contribution in [2.24, 2.45) is 11.7 Å². The van der Waals surface area contributed by atoms with Gasteiger partial charge in [-0.3, -0.25) is 4.79 Å². The molecule has 86 valence electrons. The molecule has 0 atom stereocenters. The minimum atomic E-state index is -4.46. The maximum Gasteiger partial charge on any atom is 0.410 e. The molecule has 1 rings (SSSR count). The number of carbonyl (C=O) groups is 1. The van der Waals surface area contributed by atoms with Gasteiger partial charge in [-0.25, -0.2) is 0 Å². The van der Waals surface area contributed by atoms with E-state index in [-0.39, 0.29) is 17.6 Å². The van der Waals surface area contributed by atoms with Crippen LogP contribution in [0.4, 0.5) is 13.2 Å². The lowest BCUT2D eigenvalue weighted by molar-refractivity contribution is -0.116. The molecule has 0 aromatic heterocycles. The van der Waals surface area contributed by atoms with Crippen molar-refractivity contribution >= 4 is 5.91 Å². The van der Waals surface area contributed by atoms with Gasteiger partial charge in [-0.15, -0.1) is 0 Å². The molecular weight excluding hydrogens is 207 g/mol. The second-order valence-electron chi connectivity index (χ2n) is 3.84. The largest absolute Gasteiger partial charge is 0.410 e. The average molecular weight is 221 g/mol. The monoisotopic (exact) mass is 221 g/mol. The molecule has 15 heavy (non-hydrogen) atoms. The predicted molar refractivity (Wildman–Crippen MR) is 49.9 cm³/mol. The molecule has 0 spiro atoms. The van der Waals surface area contributed by atoms with Crippen LogP contribution >= 0.6 is 0 Å². The number of hydrogen-bond donors (Lipinski definition) is 1. The zero-order chi connectivity index (χ0) is 11.5. The Kier molecular flexibility index (Phi) is 3.77. The Morgan fingerprint density at radius 3 is 2.13 bits per heavy atom. The van der Waals surface area contributed by atoms with Gasteiger partial charge in [0, 0.05) is 11.6 Å². The molecule has 1 aliphatic rings. The lowest BCUT2D eigenvalue weighted by Crippen LogP contribution is -2.24. The quantitative estimate of drug-likeness (QED) is 0.715. The van der Waals surface area contributed by atoms with Crippen molar-refractivity contribution < 1.29 is 18.0 Å². The zero-order valence-corrected chi connectivity index (χ0v) is 8.31. The first kappa shape index (κ1) is 12.1. The Balaban J connectivity index is 2.82. The summed E-state index contributed by atoms with van der Waals surface area (Å²) in [5, 5.41) is 0. The van der Waals surface area contributed by atoms with Crippen LogP contribution in [0, 0.1) is 5.92 Å². The molecule has 0 aliphatic heterocycles. The van der Waals surface area contributed by atoms with Gasteiger partial charge >= 0.3 is 6.18 Å². The summed E-state index contributed by atoms with van der Waals surface area (Å²) in [7, 11) is 0. The molecular formula is C10H14F3NO. The van der Waals surface area contributed by atoms with Gasteiger partial charge in [-0.2, -0.15) is 13.2 Å². The normalized spacial score (nSPS) is 20.3. The van der Waals surface area contributed by atoms with Crippen LogP contribution in [0.2, 0.25) is 0 Å². The van der Waals surface area contributed by atoms with Crippen molar-refractivity contribution in [3.05, 3.63) is 11.6 Å². The smallest absolute Gasteiger partial charge is 0.366 e.